The van der Waals surface area contributed by atoms with E-state index in [2.05, 4.69) is 17.6 Å². The summed E-state index contributed by atoms with van der Waals surface area (Å²) in [6.07, 6.45) is 1.69. The molecular weight excluding hydrogens is 300 g/mol. The van der Waals surface area contributed by atoms with E-state index in [0.29, 0.717) is 5.56 Å². The summed E-state index contributed by atoms with van der Waals surface area (Å²) >= 11 is 0. The molecule has 0 aliphatic carbocycles. The van der Waals surface area contributed by atoms with E-state index in [9.17, 15) is 4.79 Å². The minimum absolute atomic E-state index is 0.0966. The Hall–Kier alpha value is -2.85. The van der Waals surface area contributed by atoms with Gasteiger partial charge in [0.05, 0.1) is 6.26 Å². The minimum atomic E-state index is -0.0966. The molecule has 0 aliphatic rings. The van der Waals surface area contributed by atoms with Crippen LogP contribution in [0.25, 0.3) is 0 Å². The highest BCUT2D eigenvalue weighted by Gasteiger charge is 2.11. The van der Waals surface area contributed by atoms with Crippen LogP contribution < -0.4 is 10.6 Å². The van der Waals surface area contributed by atoms with Gasteiger partial charge in [-0.15, -0.1) is 0 Å². The van der Waals surface area contributed by atoms with Crippen molar-refractivity contribution >= 4 is 11.6 Å². The number of furan rings is 1. The molecule has 0 fully saturated rings. The lowest BCUT2D eigenvalue weighted by Gasteiger charge is -2.09. The number of anilines is 1. The highest BCUT2D eigenvalue weighted by Crippen LogP contribution is 2.11. The molecule has 0 aliphatic heterocycles. The molecule has 0 saturated carbocycles. The molecule has 122 valence electrons. The molecule has 0 saturated heterocycles. The second-order valence-corrected chi connectivity index (χ2v) is 5.76. The van der Waals surface area contributed by atoms with Crippen molar-refractivity contribution in [3.05, 3.63) is 89.9 Å². The predicted octanol–water partition coefficient (Wildman–Crippen LogP) is 3.36. The number of benzene rings is 2. The Labute approximate surface area is 141 Å². The Morgan fingerprint density at radius 3 is 2.46 bits per heavy atom. The number of nitrogens with one attached hydrogen (secondary N) is 1. The fourth-order valence-electron chi connectivity index (χ4n) is 2.50. The second-order valence-electron chi connectivity index (χ2n) is 5.76. The van der Waals surface area contributed by atoms with Crippen LogP contribution in [0.15, 0.2) is 77.4 Å². The van der Waals surface area contributed by atoms with Gasteiger partial charge < -0.3 is 15.1 Å². The van der Waals surface area contributed by atoms with E-state index < -0.39 is 0 Å². The first kappa shape index (κ1) is 16.0. The van der Waals surface area contributed by atoms with Crippen LogP contribution in [0.2, 0.25) is 0 Å². The van der Waals surface area contributed by atoms with Gasteiger partial charge in [0.15, 0.2) is 5.76 Å². The van der Waals surface area contributed by atoms with Crippen LogP contribution in [0, 0.1) is 0 Å². The molecule has 4 heteroatoms. The smallest absolute Gasteiger partial charge is 0.255 e. The van der Waals surface area contributed by atoms with Gasteiger partial charge in [0.1, 0.15) is 12.6 Å². The summed E-state index contributed by atoms with van der Waals surface area (Å²) < 4.78 is 5.41. The number of para-hydroxylation sites is 1. The molecule has 0 radical (unpaired) electrons. The second kappa shape index (κ2) is 7.62. The fourth-order valence-corrected chi connectivity index (χ4v) is 2.50. The van der Waals surface area contributed by atoms with E-state index in [1.54, 1.807) is 6.26 Å². The summed E-state index contributed by atoms with van der Waals surface area (Å²) in [6, 6.07) is 21.3. The van der Waals surface area contributed by atoms with Crippen molar-refractivity contribution in [2.75, 3.05) is 5.32 Å². The Morgan fingerprint density at radius 2 is 1.79 bits per heavy atom. The van der Waals surface area contributed by atoms with E-state index in [1.165, 1.54) is 5.56 Å². The first-order valence-electron chi connectivity index (χ1n) is 8.04. The topological polar surface area (TPSA) is 58.9 Å². The molecule has 24 heavy (non-hydrogen) atoms. The standard InChI is InChI=1S/C20H20N2O2/c1-15(19-8-5-13-24-19)21-14-16-9-11-17(12-10-16)20(23)22-18-6-3-2-4-7-18/h2-13,15,21H,14H2,1H3,(H,22,23)/p+1/t15-/m0/s1. The van der Waals surface area contributed by atoms with Crippen LogP contribution in [0.5, 0.6) is 0 Å². The summed E-state index contributed by atoms with van der Waals surface area (Å²) in [7, 11) is 0. The molecule has 1 aromatic heterocycles. The quantitative estimate of drug-likeness (QED) is 0.731. The highest BCUT2D eigenvalue weighted by atomic mass is 16.3. The van der Waals surface area contributed by atoms with Crippen LogP contribution >= 0.6 is 0 Å². The predicted molar refractivity (Wildman–Crippen MR) is 93.6 cm³/mol. The van der Waals surface area contributed by atoms with Crippen LogP contribution in [-0.4, -0.2) is 5.91 Å². The number of hydrogen-bond donors (Lipinski definition) is 2. The number of rotatable bonds is 6. The van der Waals surface area contributed by atoms with E-state index in [4.69, 9.17) is 4.42 Å². The largest absolute Gasteiger partial charge is 0.463 e. The van der Waals surface area contributed by atoms with Gasteiger partial charge in [-0.1, -0.05) is 30.3 Å². The number of carbonyl (C=O) groups is 1. The lowest BCUT2D eigenvalue weighted by Crippen LogP contribution is -2.82. The van der Waals surface area contributed by atoms with Crippen molar-refractivity contribution in [1.82, 2.24) is 0 Å². The third kappa shape index (κ3) is 4.12. The average molecular weight is 321 g/mol. The molecule has 1 atom stereocenters. The molecular formula is C20H21N2O2+. The Morgan fingerprint density at radius 1 is 1.04 bits per heavy atom. The van der Waals surface area contributed by atoms with E-state index in [1.807, 2.05) is 66.7 Å². The van der Waals surface area contributed by atoms with E-state index >= 15 is 0 Å². The lowest BCUT2D eigenvalue weighted by molar-refractivity contribution is -0.709. The van der Waals surface area contributed by atoms with Gasteiger partial charge in [-0.05, 0) is 43.3 Å². The first-order chi connectivity index (χ1) is 11.7. The van der Waals surface area contributed by atoms with E-state index in [0.717, 1.165) is 18.0 Å². The summed E-state index contributed by atoms with van der Waals surface area (Å²) in [4.78, 5) is 12.2. The molecule has 3 rings (SSSR count). The monoisotopic (exact) mass is 321 g/mol. The van der Waals surface area contributed by atoms with Gasteiger partial charge >= 0.3 is 0 Å². The summed E-state index contributed by atoms with van der Waals surface area (Å²) in [5.74, 6) is 0.870. The van der Waals surface area contributed by atoms with E-state index in [-0.39, 0.29) is 11.9 Å². The number of amides is 1. The average Bonchev–Trinajstić information content (AvgIpc) is 3.16. The van der Waals surface area contributed by atoms with Gasteiger partial charge in [0.2, 0.25) is 0 Å². The third-order valence-corrected chi connectivity index (χ3v) is 3.95. The lowest BCUT2D eigenvalue weighted by atomic mass is 10.1. The molecule has 0 unspecified atom stereocenters. The number of quaternary nitrogens is 1. The molecule has 1 heterocycles. The summed E-state index contributed by atoms with van der Waals surface area (Å²) in [5.41, 5.74) is 2.62. The van der Waals surface area contributed by atoms with Crippen LogP contribution in [0.4, 0.5) is 5.69 Å². The van der Waals surface area contributed by atoms with Crippen molar-refractivity contribution < 1.29 is 14.5 Å². The fraction of sp³-hybridized carbons (Fsp3) is 0.150. The van der Waals surface area contributed by atoms with Crippen LogP contribution in [0.1, 0.15) is 34.6 Å². The Bertz CT molecular complexity index is 765. The normalized spacial score (nSPS) is 11.9. The number of nitrogens with two attached hydrogens (primary N) is 1. The zero-order valence-electron chi connectivity index (χ0n) is 13.6. The zero-order valence-corrected chi connectivity index (χ0v) is 13.6. The molecule has 2 aromatic carbocycles. The van der Waals surface area contributed by atoms with Crippen molar-refractivity contribution in [3.8, 4) is 0 Å². The third-order valence-electron chi connectivity index (χ3n) is 3.95. The van der Waals surface area contributed by atoms with Crippen LogP contribution in [-0.2, 0) is 6.54 Å². The zero-order chi connectivity index (χ0) is 16.8. The molecule has 1 amide bonds. The number of hydrogen-bond acceptors (Lipinski definition) is 2. The van der Waals surface area contributed by atoms with Crippen molar-refractivity contribution in [3.63, 3.8) is 0 Å². The van der Waals surface area contributed by atoms with Crippen molar-refractivity contribution in [1.29, 1.82) is 0 Å². The van der Waals surface area contributed by atoms with Crippen LogP contribution in [0.3, 0.4) is 0 Å². The summed E-state index contributed by atoms with van der Waals surface area (Å²) in [6.45, 7) is 2.95. The number of carbonyl (C=O) groups excluding carboxylic acids is 1. The van der Waals surface area contributed by atoms with Gasteiger partial charge in [0, 0.05) is 16.8 Å². The van der Waals surface area contributed by atoms with Gasteiger partial charge in [-0.25, -0.2) is 0 Å². The minimum Gasteiger partial charge on any atom is -0.463 e. The first-order valence-corrected chi connectivity index (χ1v) is 8.04. The van der Waals surface area contributed by atoms with Gasteiger partial charge in [-0.2, -0.15) is 0 Å². The van der Waals surface area contributed by atoms with Crippen molar-refractivity contribution in [2.45, 2.75) is 19.5 Å². The molecule has 4 nitrogen and oxygen atoms in total. The summed E-state index contributed by atoms with van der Waals surface area (Å²) in [5, 5.41) is 5.09. The SMILES string of the molecule is C[C@H]([NH2+]Cc1ccc(C(=O)Nc2ccccc2)cc1)c1ccco1. The maximum Gasteiger partial charge on any atom is 0.255 e. The highest BCUT2D eigenvalue weighted by molar-refractivity contribution is 6.04. The maximum absolute atomic E-state index is 12.2. The molecule has 3 aromatic rings. The van der Waals surface area contributed by atoms with Gasteiger partial charge in [0.25, 0.3) is 5.91 Å². The Balaban J connectivity index is 1.56. The molecule has 0 spiro atoms. The molecule has 0 bridgehead atoms. The maximum atomic E-state index is 12.2. The van der Waals surface area contributed by atoms with Crippen molar-refractivity contribution in [2.24, 2.45) is 0 Å². The van der Waals surface area contributed by atoms with Gasteiger partial charge in [-0.3, -0.25) is 4.79 Å². The molecule has 3 N–H and O–H groups in total. The Kier molecular flexibility index (Phi) is 5.08.